The van der Waals surface area contributed by atoms with Crippen LogP contribution in [0.2, 0.25) is 0 Å². The fourth-order valence-electron chi connectivity index (χ4n) is 2.26. The summed E-state index contributed by atoms with van der Waals surface area (Å²) in [5, 5.41) is 0.787. The molecule has 0 spiro atoms. The number of H-pyrrole nitrogens is 1. The topological polar surface area (TPSA) is 32.9 Å². The predicted molar refractivity (Wildman–Crippen MR) is 84.0 cm³/mol. The molecule has 1 aromatic carbocycles. The number of aromatic nitrogens is 1. The molecular formula is C17H25NO. The van der Waals surface area contributed by atoms with Crippen molar-refractivity contribution in [3.63, 3.8) is 0 Å². The first-order valence-electron chi connectivity index (χ1n) is 7.08. The fraction of sp³-hybridized carbons (Fsp3) is 0.471. The maximum atomic E-state index is 11.8. The van der Waals surface area contributed by atoms with Gasteiger partial charge in [0.25, 0.3) is 0 Å². The number of hydrogen-bond acceptors (Lipinski definition) is 1. The molecule has 19 heavy (non-hydrogen) atoms. The van der Waals surface area contributed by atoms with Gasteiger partial charge in [-0.15, -0.1) is 0 Å². The lowest BCUT2D eigenvalue weighted by atomic mass is 9.82. The molecule has 0 bridgehead atoms. The Bertz CT molecular complexity index is 603. The molecule has 104 valence electrons. The number of aryl methyl sites for hydroxylation is 1. The molecule has 1 aromatic heterocycles. The molecule has 2 aromatic rings. The first-order chi connectivity index (χ1) is 8.93. The number of rotatable bonds is 1. The summed E-state index contributed by atoms with van der Waals surface area (Å²) < 4.78 is 0. The van der Waals surface area contributed by atoms with Crippen LogP contribution in [0, 0.1) is 0 Å². The van der Waals surface area contributed by atoms with Crippen LogP contribution in [-0.4, -0.2) is 4.98 Å². The van der Waals surface area contributed by atoms with E-state index in [-0.39, 0.29) is 10.8 Å². The Balaban J connectivity index is 0.000000861. The summed E-state index contributed by atoms with van der Waals surface area (Å²) in [6, 6.07) is 5.74. The zero-order valence-electron chi connectivity index (χ0n) is 12.9. The summed E-state index contributed by atoms with van der Waals surface area (Å²) in [5.41, 5.74) is 3.67. The van der Waals surface area contributed by atoms with E-state index in [2.05, 4.69) is 38.7 Å². The van der Waals surface area contributed by atoms with E-state index in [9.17, 15) is 4.79 Å². The van der Waals surface area contributed by atoms with E-state index >= 15 is 0 Å². The van der Waals surface area contributed by atoms with E-state index < -0.39 is 0 Å². The number of pyridine rings is 1. The maximum absolute atomic E-state index is 11.8. The third-order valence-electron chi connectivity index (χ3n) is 3.17. The molecule has 0 aliphatic carbocycles. The van der Waals surface area contributed by atoms with Crippen LogP contribution in [0.15, 0.2) is 29.2 Å². The monoisotopic (exact) mass is 259 g/mol. The lowest BCUT2D eigenvalue weighted by molar-refractivity contribution is 0.584. The van der Waals surface area contributed by atoms with Crippen molar-refractivity contribution in [2.75, 3.05) is 0 Å². The molecule has 0 radical (unpaired) electrons. The summed E-state index contributed by atoms with van der Waals surface area (Å²) in [7, 11) is 0. The van der Waals surface area contributed by atoms with Gasteiger partial charge in [0.05, 0.1) is 0 Å². The Morgan fingerprint density at radius 2 is 1.79 bits per heavy atom. The second-order valence-corrected chi connectivity index (χ2v) is 5.50. The lowest BCUT2D eigenvalue weighted by Crippen LogP contribution is -2.15. The zero-order chi connectivity index (χ0) is 14.6. The van der Waals surface area contributed by atoms with Crippen molar-refractivity contribution in [1.29, 1.82) is 0 Å². The largest absolute Gasteiger partial charge is 0.361 e. The van der Waals surface area contributed by atoms with Crippen LogP contribution in [0.3, 0.4) is 0 Å². The van der Waals surface area contributed by atoms with Gasteiger partial charge in [-0.05, 0) is 35.1 Å². The van der Waals surface area contributed by atoms with Gasteiger partial charge in [0.1, 0.15) is 0 Å². The van der Waals surface area contributed by atoms with Crippen molar-refractivity contribution in [1.82, 2.24) is 4.98 Å². The molecule has 2 nitrogen and oxygen atoms in total. The average molecular weight is 259 g/mol. The van der Waals surface area contributed by atoms with E-state index in [0.29, 0.717) is 0 Å². The van der Waals surface area contributed by atoms with E-state index in [1.807, 2.05) is 19.9 Å². The second kappa shape index (κ2) is 6.05. The summed E-state index contributed by atoms with van der Waals surface area (Å²) >= 11 is 0. The van der Waals surface area contributed by atoms with Gasteiger partial charge in [-0.3, -0.25) is 4.79 Å². The van der Waals surface area contributed by atoms with E-state index in [0.717, 1.165) is 17.3 Å². The third-order valence-corrected chi connectivity index (χ3v) is 3.17. The van der Waals surface area contributed by atoms with Crippen LogP contribution in [0.5, 0.6) is 0 Å². The molecule has 2 heteroatoms. The van der Waals surface area contributed by atoms with Crippen LogP contribution >= 0.6 is 0 Å². The van der Waals surface area contributed by atoms with Gasteiger partial charge < -0.3 is 4.98 Å². The van der Waals surface area contributed by atoms with E-state index in [1.54, 1.807) is 12.3 Å². The Kier molecular flexibility index (Phi) is 4.93. The number of aromatic amines is 1. The first kappa shape index (κ1) is 15.5. The van der Waals surface area contributed by atoms with Crippen LogP contribution in [0.1, 0.15) is 52.7 Å². The summed E-state index contributed by atoms with van der Waals surface area (Å²) in [6.07, 6.45) is 2.69. The quantitative estimate of drug-likeness (QED) is 0.808. The standard InChI is InChI=1S/C15H19NO.C2H6/c1-5-10-8-13-11(14(17)6-7-16-13)9-12(10)15(2,3)4;1-2/h6-9H,5H2,1-4H3,(H,16,17);1-2H3. The highest BCUT2D eigenvalue weighted by Gasteiger charge is 2.18. The number of hydrogen-bond donors (Lipinski definition) is 1. The van der Waals surface area contributed by atoms with E-state index in [4.69, 9.17) is 0 Å². The van der Waals surface area contributed by atoms with Gasteiger partial charge in [0, 0.05) is 23.2 Å². The molecule has 0 atom stereocenters. The third kappa shape index (κ3) is 3.25. The zero-order valence-corrected chi connectivity index (χ0v) is 12.9. The number of nitrogens with one attached hydrogen (secondary N) is 1. The van der Waals surface area contributed by atoms with Gasteiger partial charge in [0.15, 0.2) is 5.43 Å². The van der Waals surface area contributed by atoms with Crippen LogP contribution in [0.4, 0.5) is 0 Å². The Hall–Kier alpha value is -1.57. The molecule has 1 heterocycles. The van der Waals surface area contributed by atoms with Crippen molar-refractivity contribution in [3.05, 3.63) is 45.7 Å². The highest BCUT2D eigenvalue weighted by molar-refractivity contribution is 5.80. The molecule has 0 aliphatic heterocycles. The van der Waals surface area contributed by atoms with Gasteiger partial charge in [-0.25, -0.2) is 0 Å². The number of benzene rings is 1. The van der Waals surface area contributed by atoms with Crippen molar-refractivity contribution in [2.45, 2.75) is 53.4 Å². The lowest BCUT2D eigenvalue weighted by Gasteiger charge is -2.23. The van der Waals surface area contributed by atoms with E-state index in [1.165, 1.54) is 11.1 Å². The SMILES string of the molecule is CC.CCc1cc2[nH]ccc(=O)c2cc1C(C)(C)C. The fourth-order valence-corrected chi connectivity index (χ4v) is 2.26. The molecule has 1 N–H and O–H groups in total. The van der Waals surface area contributed by atoms with Crippen LogP contribution in [-0.2, 0) is 11.8 Å². The minimum atomic E-state index is 0.0712. The van der Waals surface area contributed by atoms with Gasteiger partial charge >= 0.3 is 0 Å². The highest BCUT2D eigenvalue weighted by atomic mass is 16.1. The molecule has 0 saturated carbocycles. The predicted octanol–water partition coefficient (Wildman–Crippen LogP) is 4.41. The van der Waals surface area contributed by atoms with Gasteiger partial charge in [0.2, 0.25) is 0 Å². The molecule has 0 amide bonds. The molecule has 0 fully saturated rings. The summed E-state index contributed by atoms with van der Waals surface area (Å²) in [6.45, 7) is 12.7. The Labute approximate surface area is 115 Å². The van der Waals surface area contributed by atoms with Crippen molar-refractivity contribution < 1.29 is 0 Å². The molecule has 0 unspecified atom stereocenters. The maximum Gasteiger partial charge on any atom is 0.189 e. The summed E-state index contributed by atoms with van der Waals surface area (Å²) in [5.74, 6) is 0. The van der Waals surface area contributed by atoms with Crippen molar-refractivity contribution >= 4 is 10.9 Å². The Morgan fingerprint density at radius 1 is 1.16 bits per heavy atom. The second-order valence-electron chi connectivity index (χ2n) is 5.50. The Morgan fingerprint density at radius 3 is 2.32 bits per heavy atom. The van der Waals surface area contributed by atoms with Crippen molar-refractivity contribution in [2.24, 2.45) is 0 Å². The summed E-state index contributed by atoms with van der Waals surface area (Å²) in [4.78, 5) is 15.0. The normalized spacial score (nSPS) is 11.1. The minimum absolute atomic E-state index is 0.0712. The smallest absolute Gasteiger partial charge is 0.189 e. The molecular weight excluding hydrogens is 234 g/mol. The first-order valence-corrected chi connectivity index (χ1v) is 7.08. The molecule has 2 rings (SSSR count). The van der Waals surface area contributed by atoms with Crippen molar-refractivity contribution in [3.8, 4) is 0 Å². The van der Waals surface area contributed by atoms with Crippen LogP contribution in [0.25, 0.3) is 10.9 Å². The minimum Gasteiger partial charge on any atom is -0.361 e. The number of fused-ring (bicyclic) bond motifs is 1. The highest BCUT2D eigenvalue weighted by Crippen LogP contribution is 2.28. The van der Waals surface area contributed by atoms with Crippen LogP contribution < -0.4 is 5.43 Å². The average Bonchev–Trinajstić information content (AvgIpc) is 2.39. The van der Waals surface area contributed by atoms with Gasteiger partial charge in [-0.2, -0.15) is 0 Å². The van der Waals surface area contributed by atoms with Gasteiger partial charge in [-0.1, -0.05) is 41.5 Å². The molecule has 0 aliphatic rings. The molecule has 0 saturated heterocycles.